The van der Waals surface area contributed by atoms with Gasteiger partial charge in [0.25, 0.3) is 0 Å². The SMILES string of the molecule is C=C/C=C(\C)C(=O)CCC(=C)c1ccc2cccc(C)c2c1. The van der Waals surface area contributed by atoms with Crippen LogP contribution in [0.4, 0.5) is 0 Å². The third-order valence-electron chi connectivity index (χ3n) is 3.97. The molecular weight excluding hydrogens is 268 g/mol. The summed E-state index contributed by atoms with van der Waals surface area (Å²) in [4.78, 5) is 12.0. The fourth-order valence-corrected chi connectivity index (χ4v) is 2.52. The highest BCUT2D eigenvalue weighted by molar-refractivity contribution is 5.96. The number of ketones is 1. The van der Waals surface area contributed by atoms with Crippen molar-refractivity contribution >= 4 is 22.1 Å². The van der Waals surface area contributed by atoms with Crippen LogP contribution in [0.25, 0.3) is 16.3 Å². The van der Waals surface area contributed by atoms with Crippen LogP contribution >= 0.6 is 0 Å². The van der Waals surface area contributed by atoms with Crippen LogP contribution in [-0.4, -0.2) is 5.78 Å². The minimum absolute atomic E-state index is 0.151. The van der Waals surface area contributed by atoms with Crippen molar-refractivity contribution in [1.82, 2.24) is 0 Å². The van der Waals surface area contributed by atoms with E-state index >= 15 is 0 Å². The molecule has 0 radical (unpaired) electrons. The number of carbonyl (C=O) groups is 1. The summed E-state index contributed by atoms with van der Waals surface area (Å²) in [6.07, 6.45) is 4.57. The fraction of sp³-hybridized carbons (Fsp3) is 0.190. The molecular formula is C21H22O. The summed E-state index contributed by atoms with van der Waals surface area (Å²) >= 11 is 0. The molecule has 112 valence electrons. The maximum Gasteiger partial charge on any atom is 0.158 e. The van der Waals surface area contributed by atoms with Gasteiger partial charge in [0.1, 0.15) is 0 Å². The van der Waals surface area contributed by atoms with E-state index in [4.69, 9.17) is 0 Å². The van der Waals surface area contributed by atoms with Gasteiger partial charge in [0, 0.05) is 6.42 Å². The van der Waals surface area contributed by atoms with Crippen molar-refractivity contribution in [3.8, 4) is 0 Å². The Bertz CT molecular complexity index is 763. The highest BCUT2D eigenvalue weighted by atomic mass is 16.1. The van der Waals surface area contributed by atoms with Crippen molar-refractivity contribution < 1.29 is 4.79 Å². The predicted molar refractivity (Wildman–Crippen MR) is 95.9 cm³/mol. The summed E-state index contributed by atoms with van der Waals surface area (Å²) in [6.45, 7) is 11.7. The van der Waals surface area contributed by atoms with Gasteiger partial charge < -0.3 is 0 Å². The Balaban J connectivity index is 2.13. The van der Waals surface area contributed by atoms with E-state index in [1.165, 1.54) is 16.3 Å². The summed E-state index contributed by atoms with van der Waals surface area (Å²) in [5.74, 6) is 0.151. The summed E-state index contributed by atoms with van der Waals surface area (Å²) in [5.41, 5.74) is 4.12. The monoisotopic (exact) mass is 290 g/mol. The van der Waals surface area contributed by atoms with Crippen LogP contribution in [0, 0.1) is 6.92 Å². The molecule has 0 fully saturated rings. The van der Waals surface area contributed by atoms with Gasteiger partial charge in [-0.3, -0.25) is 4.79 Å². The molecule has 2 rings (SSSR count). The van der Waals surface area contributed by atoms with Gasteiger partial charge in [-0.1, -0.05) is 55.6 Å². The molecule has 22 heavy (non-hydrogen) atoms. The lowest BCUT2D eigenvalue weighted by atomic mass is 9.96. The molecule has 0 N–H and O–H groups in total. The lowest BCUT2D eigenvalue weighted by Gasteiger charge is -2.09. The molecule has 2 aromatic carbocycles. The molecule has 0 aliphatic heterocycles. The standard InChI is InChI=1S/C21H22O/c1-5-7-17(4)21(22)13-10-15(2)19-12-11-18-9-6-8-16(3)20(18)14-19/h5-9,11-12,14H,1-2,10,13H2,3-4H3/b17-7+. The predicted octanol–water partition coefficient (Wildman–Crippen LogP) is 5.64. The van der Waals surface area contributed by atoms with Crippen LogP contribution in [0.2, 0.25) is 0 Å². The van der Waals surface area contributed by atoms with E-state index in [0.29, 0.717) is 12.8 Å². The maximum absolute atomic E-state index is 12.0. The number of fused-ring (bicyclic) bond motifs is 1. The van der Waals surface area contributed by atoms with E-state index < -0.39 is 0 Å². The number of carbonyl (C=O) groups excluding carboxylic acids is 1. The number of aryl methyl sites for hydroxylation is 1. The molecule has 0 heterocycles. The number of benzene rings is 2. The molecule has 0 aliphatic rings. The number of rotatable bonds is 6. The Kier molecular flexibility index (Phi) is 5.11. The van der Waals surface area contributed by atoms with Crippen molar-refractivity contribution in [2.45, 2.75) is 26.7 Å². The Morgan fingerprint density at radius 3 is 2.68 bits per heavy atom. The van der Waals surface area contributed by atoms with Crippen molar-refractivity contribution in [3.63, 3.8) is 0 Å². The van der Waals surface area contributed by atoms with Crippen LogP contribution in [-0.2, 0) is 4.79 Å². The average molecular weight is 290 g/mol. The van der Waals surface area contributed by atoms with Crippen LogP contribution < -0.4 is 0 Å². The first kappa shape index (κ1) is 16.0. The first-order valence-corrected chi connectivity index (χ1v) is 7.53. The van der Waals surface area contributed by atoms with Gasteiger partial charge in [-0.15, -0.1) is 0 Å². The van der Waals surface area contributed by atoms with Crippen LogP contribution in [0.5, 0.6) is 0 Å². The molecule has 0 saturated carbocycles. The third-order valence-corrected chi connectivity index (χ3v) is 3.97. The number of hydrogen-bond acceptors (Lipinski definition) is 1. The zero-order valence-corrected chi connectivity index (χ0v) is 13.4. The van der Waals surface area contributed by atoms with E-state index in [1.54, 1.807) is 12.2 Å². The van der Waals surface area contributed by atoms with Crippen molar-refractivity contribution in [2.24, 2.45) is 0 Å². The number of hydrogen-bond donors (Lipinski definition) is 0. The average Bonchev–Trinajstić information content (AvgIpc) is 2.52. The van der Waals surface area contributed by atoms with E-state index in [0.717, 1.165) is 16.7 Å². The lowest BCUT2D eigenvalue weighted by Crippen LogP contribution is -1.99. The van der Waals surface area contributed by atoms with Crippen molar-refractivity contribution in [3.05, 3.63) is 78.4 Å². The van der Waals surface area contributed by atoms with Gasteiger partial charge in [0.2, 0.25) is 0 Å². The molecule has 0 amide bonds. The highest BCUT2D eigenvalue weighted by Gasteiger charge is 2.07. The molecule has 0 saturated heterocycles. The van der Waals surface area contributed by atoms with E-state index in [9.17, 15) is 4.79 Å². The Morgan fingerprint density at radius 1 is 1.18 bits per heavy atom. The normalized spacial score (nSPS) is 11.5. The van der Waals surface area contributed by atoms with Crippen molar-refractivity contribution in [2.75, 3.05) is 0 Å². The van der Waals surface area contributed by atoms with Crippen LogP contribution in [0.1, 0.15) is 30.9 Å². The molecule has 2 aromatic rings. The topological polar surface area (TPSA) is 17.1 Å². The summed E-state index contributed by atoms with van der Waals surface area (Å²) < 4.78 is 0. The molecule has 0 aliphatic carbocycles. The van der Waals surface area contributed by atoms with Crippen molar-refractivity contribution in [1.29, 1.82) is 0 Å². The zero-order valence-electron chi connectivity index (χ0n) is 13.4. The number of allylic oxidation sites excluding steroid dienone is 4. The van der Waals surface area contributed by atoms with Gasteiger partial charge in [0.05, 0.1) is 0 Å². The molecule has 0 spiro atoms. The van der Waals surface area contributed by atoms with Gasteiger partial charge in [0.15, 0.2) is 5.78 Å². The minimum Gasteiger partial charge on any atom is -0.295 e. The molecule has 1 nitrogen and oxygen atoms in total. The molecule has 0 bridgehead atoms. The Morgan fingerprint density at radius 2 is 1.95 bits per heavy atom. The Hall–Kier alpha value is -2.41. The van der Waals surface area contributed by atoms with Gasteiger partial charge >= 0.3 is 0 Å². The van der Waals surface area contributed by atoms with Gasteiger partial charge in [-0.05, 0) is 59.4 Å². The van der Waals surface area contributed by atoms with E-state index in [2.05, 4.69) is 56.5 Å². The van der Waals surface area contributed by atoms with Gasteiger partial charge in [-0.2, -0.15) is 0 Å². The van der Waals surface area contributed by atoms with Crippen LogP contribution in [0.15, 0.2) is 67.3 Å². The Labute approximate surface area is 132 Å². The minimum atomic E-state index is 0.151. The third kappa shape index (κ3) is 3.62. The molecule has 0 unspecified atom stereocenters. The largest absolute Gasteiger partial charge is 0.295 e. The first-order chi connectivity index (χ1) is 10.5. The number of Topliss-reactive ketones (excluding diaryl/α,β-unsaturated/α-hetero) is 1. The second-order valence-corrected chi connectivity index (χ2v) is 5.62. The molecule has 1 heteroatoms. The molecule has 0 aromatic heterocycles. The first-order valence-electron chi connectivity index (χ1n) is 7.53. The smallest absolute Gasteiger partial charge is 0.158 e. The summed E-state index contributed by atoms with van der Waals surface area (Å²) in [7, 11) is 0. The van der Waals surface area contributed by atoms with E-state index in [1.807, 2.05) is 6.92 Å². The fourth-order valence-electron chi connectivity index (χ4n) is 2.52. The highest BCUT2D eigenvalue weighted by Crippen LogP contribution is 2.25. The quantitative estimate of drug-likeness (QED) is 0.497. The van der Waals surface area contributed by atoms with Gasteiger partial charge in [-0.25, -0.2) is 0 Å². The second-order valence-electron chi connectivity index (χ2n) is 5.62. The second kappa shape index (κ2) is 7.04. The molecule has 0 atom stereocenters. The van der Waals surface area contributed by atoms with Crippen LogP contribution in [0.3, 0.4) is 0 Å². The summed E-state index contributed by atoms with van der Waals surface area (Å²) in [5, 5.41) is 2.48. The summed E-state index contributed by atoms with van der Waals surface area (Å²) in [6, 6.07) is 12.7. The maximum atomic E-state index is 12.0. The lowest BCUT2D eigenvalue weighted by molar-refractivity contribution is -0.115. The van der Waals surface area contributed by atoms with E-state index in [-0.39, 0.29) is 5.78 Å². The zero-order chi connectivity index (χ0) is 16.1.